The van der Waals surface area contributed by atoms with Crippen molar-refractivity contribution in [2.75, 3.05) is 26.8 Å². The number of allylic oxidation sites excluding steroid dienone is 4. The summed E-state index contributed by atoms with van der Waals surface area (Å²) in [6.45, 7) is 6.44. The Hall–Kier alpha value is -3.65. The average molecular weight is 451 g/mol. The summed E-state index contributed by atoms with van der Waals surface area (Å²) in [5.41, 5.74) is 0.748. The third-order valence-electron chi connectivity index (χ3n) is 5.53. The van der Waals surface area contributed by atoms with Crippen LogP contribution in [0.2, 0.25) is 0 Å². The summed E-state index contributed by atoms with van der Waals surface area (Å²) in [6.07, 6.45) is 14.0. The summed E-state index contributed by atoms with van der Waals surface area (Å²) in [6, 6.07) is 3.47. The summed E-state index contributed by atoms with van der Waals surface area (Å²) in [4.78, 5) is 38.0. The van der Waals surface area contributed by atoms with Gasteiger partial charge in [0.15, 0.2) is 0 Å². The second-order valence-electron chi connectivity index (χ2n) is 7.39. The number of rotatable bonds is 8. The molecule has 2 aliphatic rings. The molecule has 2 amide bonds. The number of halogens is 1. The van der Waals surface area contributed by atoms with Gasteiger partial charge in [0.2, 0.25) is 11.9 Å². The molecule has 1 fully saturated rings. The second-order valence-corrected chi connectivity index (χ2v) is 7.39. The zero-order valence-electron chi connectivity index (χ0n) is 18.8. The highest BCUT2D eigenvalue weighted by Gasteiger charge is 2.56. The van der Waals surface area contributed by atoms with E-state index in [0.29, 0.717) is 42.9 Å². The molecule has 0 N–H and O–H groups in total. The van der Waals surface area contributed by atoms with Crippen molar-refractivity contribution in [3.05, 3.63) is 90.2 Å². The Labute approximate surface area is 193 Å². The van der Waals surface area contributed by atoms with Gasteiger partial charge >= 0.3 is 0 Å². The maximum Gasteiger partial charge on any atom is 0.257 e. The molecule has 33 heavy (non-hydrogen) atoms. The molecule has 1 aromatic heterocycles. The SMILES string of the molecule is C=C/C=C(\C=C/COC)C12Cc3ncccc3C(=O)N1CCN2C(=O)/C=C/C=C(F)\N=C/C. The van der Waals surface area contributed by atoms with Crippen molar-refractivity contribution in [3.8, 4) is 0 Å². The third-order valence-corrected chi connectivity index (χ3v) is 5.53. The number of carbonyl (C=O) groups excluding carboxylic acids is 2. The van der Waals surface area contributed by atoms with Crippen molar-refractivity contribution in [2.24, 2.45) is 4.99 Å². The van der Waals surface area contributed by atoms with Crippen molar-refractivity contribution in [1.82, 2.24) is 14.8 Å². The molecule has 2 aliphatic heterocycles. The Morgan fingerprint density at radius 2 is 2.18 bits per heavy atom. The number of pyridine rings is 1. The number of hydrogen-bond donors (Lipinski definition) is 0. The highest BCUT2D eigenvalue weighted by Crippen LogP contribution is 2.42. The van der Waals surface area contributed by atoms with Crippen LogP contribution in [0, 0.1) is 0 Å². The zero-order chi connectivity index (χ0) is 23.8. The van der Waals surface area contributed by atoms with Crippen molar-refractivity contribution in [2.45, 2.75) is 19.0 Å². The molecule has 172 valence electrons. The molecule has 0 bridgehead atoms. The molecule has 3 heterocycles. The molecular formula is C25H27FN4O3. The first-order valence-electron chi connectivity index (χ1n) is 10.6. The Balaban J connectivity index is 2.10. The average Bonchev–Trinajstić information content (AvgIpc) is 3.19. The van der Waals surface area contributed by atoms with Crippen LogP contribution in [0.5, 0.6) is 0 Å². The van der Waals surface area contributed by atoms with Crippen LogP contribution < -0.4 is 0 Å². The summed E-state index contributed by atoms with van der Waals surface area (Å²) < 4.78 is 18.7. The van der Waals surface area contributed by atoms with E-state index >= 15 is 0 Å². The largest absolute Gasteiger partial charge is 0.381 e. The van der Waals surface area contributed by atoms with E-state index in [2.05, 4.69) is 16.6 Å². The number of carbonyl (C=O) groups is 2. The zero-order valence-corrected chi connectivity index (χ0v) is 18.8. The molecule has 0 saturated carbocycles. The van der Waals surface area contributed by atoms with E-state index in [4.69, 9.17) is 4.74 Å². The maximum atomic E-state index is 13.6. The number of hydrogen-bond acceptors (Lipinski definition) is 5. The van der Waals surface area contributed by atoms with Crippen LogP contribution in [0.15, 0.2) is 84.0 Å². The predicted octanol–water partition coefficient (Wildman–Crippen LogP) is 3.39. The number of nitrogens with zero attached hydrogens (tertiary/aromatic N) is 4. The molecule has 0 radical (unpaired) electrons. The van der Waals surface area contributed by atoms with Gasteiger partial charge in [-0.3, -0.25) is 14.6 Å². The highest BCUT2D eigenvalue weighted by atomic mass is 19.1. The molecule has 1 saturated heterocycles. The molecule has 0 aromatic carbocycles. The maximum absolute atomic E-state index is 13.6. The standard InChI is InChI=1S/C25H27FN4O3/c1-4-9-19(10-8-17-33-3)25-18-21-20(11-7-14-28-21)24(32)30(25)16-15-29(25)23(31)13-6-12-22(26)27-5-2/h4-14H,1,15-18H2,2-3H3/b10-8-,13-6+,19-9+,22-12-,27-5-. The van der Waals surface area contributed by atoms with Crippen molar-refractivity contribution < 1.29 is 18.7 Å². The number of aliphatic imine (C=N–C) groups is 1. The van der Waals surface area contributed by atoms with Crippen molar-refractivity contribution >= 4 is 18.0 Å². The molecular weight excluding hydrogens is 423 g/mol. The lowest BCUT2D eigenvalue weighted by atomic mass is 9.85. The van der Waals surface area contributed by atoms with Crippen LogP contribution in [0.25, 0.3) is 0 Å². The Kier molecular flexibility index (Phi) is 7.84. The van der Waals surface area contributed by atoms with Crippen LogP contribution in [0.4, 0.5) is 4.39 Å². The van der Waals surface area contributed by atoms with Gasteiger partial charge < -0.3 is 14.5 Å². The van der Waals surface area contributed by atoms with Crippen molar-refractivity contribution in [3.63, 3.8) is 0 Å². The minimum atomic E-state index is -1.10. The topological polar surface area (TPSA) is 75.1 Å². The van der Waals surface area contributed by atoms with Gasteiger partial charge in [-0.05, 0) is 30.7 Å². The summed E-state index contributed by atoms with van der Waals surface area (Å²) in [7, 11) is 1.58. The van der Waals surface area contributed by atoms with Gasteiger partial charge in [-0.2, -0.15) is 4.39 Å². The quantitative estimate of drug-likeness (QED) is 0.263. The second kappa shape index (κ2) is 10.8. The van der Waals surface area contributed by atoms with E-state index in [-0.39, 0.29) is 11.8 Å². The summed E-state index contributed by atoms with van der Waals surface area (Å²) >= 11 is 0. The first-order valence-corrected chi connectivity index (χ1v) is 10.6. The van der Waals surface area contributed by atoms with Gasteiger partial charge in [0, 0.05) is 45.1 Å². The molecule has 1 unspecified atom stereocenters. The lowest BCUT2D eigenvalue weighted by molar-refractivity contribution is -0.131. The van der Waals surface area contributed by atoms with E-state index < -0.39 is 11.6 Å². The molecule has 3 rings (SSSR count). The fourth-order valence-electron chi connectivity index (χ4n) is 4.22. The number of methoxy groups -OCH3 is 1. The number of fused-ring (bicyclic) bond motifs is 2. The van der Waals surface area contributed by atoms with Crippen LogP contribution in [-0.4, -0.2) is 65.3 Å². The third kappa shape index (κ3) is 4.75. The molecule has 1 atom stereocenters. The van der Waals surface area contributed by atoms with Gasteiger partial charge in [-0.15, -0.1) is 0 Å². The van der Waals surface area contributed by atoms with Crippen LogP contribution in [0.3, 0.4) is 0 Å². The number of amides is 2. The fourth-order valence-corrected chi connectivity index (χ4v) is 4.22. The lowest BCUT2D eigenvalue weighted by Gasteiger charge is -2.47. The summed E-state index contributed by atoms with van der Waals surface area (Å²) in [5, 5.41) is 0. The van der Waals surface area contributed by atoms with Gasteiger partial charge in [0.25, 0.3) is 5.91 Å². The molecule has 7 nitrogen and oxygen atoms in total. The first-order chi connectivity index (χ1) is 16.0. The Morgan fingerprint density at radius 1 is 1.36 bits per heavy atom. The van der Waals surface area contributed by atoms with E-state index in [1.807, 2.05) is 12.2 Å². The highest BCUT2D eigenvalue weighted by molar-refractivity contribution is 5.99. The molecule has 0 aliphatic carbocycles. The fraction of sp³-hybridized carbons (Fsp3) is 0.280. The van der Waals surface area contributed by atoms with E-state index in [1.54, 1.807) is 54.3 Å². The Morgan fingerprint density at radius 3 is 2.91 bits per heavy atom. The van der Waals surface area contributed by atoms with E-state index in [9.17, 15) is 14.0 Å². The van der Waals surface area contributed by atoms with Gasteiger partial charge in [-0.1, -0.05) is 37.0 Å². The van der Waals surface area contributed by atoms with Gasteiger partial charge in [0.1, 0.15) is 5.66 Å². The monoisotopic (exact) mass is 450 g/mol. The van der Waals surface area contributed by atoms with Crippen LogP contribution in [0.1, 0.15) is 23.0 Å². The van der Waals surface area contributed by atoms with Crippen LogP contribution >= 0.6 is 0 Å². The minimum Gasteiger partial charge on any atom is -0.381 e. The van der Waals surface area contributed by atoms with Gasteiger partial charge in [0.05, 0.1) is 17.9 Å². The van der Waals surface area contributed by atoms with Gasteiger partial charge in [-0.25, -0.2) is 4.99 Å². The van der Waals surface area contributed by atoms with E-state index in [1.165, 1.54) is 18.4 Å². The van der Waals surface area contributed by atoms with E-state index in [0.717, 1.165) is 6.08 Å². The molecule has 8 heteroatoms. The Bertz CT molecular complexity index is 1070. The molecule has 1 aromatic rings. The van der Waals surface area contributed by atoms with Crippen molar-refractivity contribution in [1.29, 1.82) is 0 Å². The summed E-state index contributed by atoms with van der Waals surface area (Å²) in [5.74, 6) is -1.26. The molecule has 0 spiro atoms. The van der Waals surface area contributed by atoms with Crippen LogP contribution in [-0.2, 0) is 16.0 Å². The normalized spacial score (nSPS) is 21.4. The predicted molar refractivity (Wildman–Crippen MR) is 125 cm³/mol. The minimum absolute atomic E-state index is 0.193. The lowest BCUT2D eigenvalue weighted by Crippen LogP contribution is -2.61. The first kappa shape index (κ1) is 24.0. The number of aromatic nitrogens is 1. The smallest absolute Gasteiger partial charge is 0.257 e. The number of ether oxygens (including phenoxy) is 1.